The molecule has 1 atom stereocenters. The first-order chi connectivity index (χ1) is 13.9. The molecule has 1 aromatic carbocycles. The summed E-state index contributed by atoms with van der Waals surface area (Å²) in [5.41, 5.74) is 3.18. The topological polar surface area (TPSA) is 70.1 Å². The Morgan fingerprint density at radius 3 is 1.71 bits per heavy atom. The first-order valence-corrected chi connectivity index (χ1v) is 12.3. The largest absolute Gasteiger partial charge is 0.748 e. The number of nitrogens with zero attached hydrogens (tertiary/aromatic N) is 1. The fourth-order valence-electron chi connectivity index (χ4n) is 4.19. The van der Waals surface area contributed by atoms with E-state index >= 15 is 0 Å². The molecule has 0 fully saturated rings. The second-order valence-electron chi connectivity index (χ2n) is 10.4. The van der Waals surface area contributed by atoms with E-state index in [0.29, 0.717) is 6.26 Å². The Kier molecular flexibility index (Phi) is 8.08. The lowest BCUT2D eigenvalue weighted by molar-refractivity contribution is -0.0159. The third-order valence-electron chi connectivity index (χ3n) is 7.45. The molecule has 2 aromatic rings. The average Bonchev–Trinajstić information content (AvgIpc) is 2.65. The summed E-state index contributed by atoms with van der Waals surface area (Å²) >= 11 is 0. The van der Waals surface area contributed by atoms with Crippen LogP contribution in [0.1, 0.15) is 66.6 Å². The van der Waals surface area contributed by atoms with Gasteiger partial charge in [0, 0.05) is 23.3 Å². The first kappa shape index (κ1) is 27.1. The molecule has 0 spiro atoms. The highest BCUT2D eigenvalue weighted by Crippen LogP contribution is 2.63. The van der Waals surface area contributed by atoms with Crippen molar-refractivity contribution in [3.63, 3.8) is 0 Å². The fraction of sp³-hybridized carbons (Fsp3) is 0.500. The van der Waals surface area contributed by atoms with Crippen molar-refractivity contribution >= 4 is 15.7 Å². The van der Waals surface area contributed by atoms with Crippen molar-refractivity contribution in [2.45, 2.75) is 60.8 Å². The maximum atomic E-state index is 9.08. The molecule has 0 aliphatic heterocycles. The minimum Gasteiger partial charge on any atom is -0.748 e. The summed E-state index contributed by atoms with van der Waals surface area (Å²) in [5.74, 6) is 0. The highest BCUT2D eigenvalue weighted by Gasteiger charge is 2.57. The van der Waals surface area contributed by atoms with Crippen molar-refractivity contribution in [3.8, 4) is 0 Å². The Bertz CT molecular complexity index is 964. The number of allylic oxidation sites excluding steroid dienone is 1. The first-order valence-electron chi connectivity index (χ1n) is 10.4. The van der Waals surface area contributed by atoms with E-state index < -0.39 is 10.1 Å². The number of pyridine rings is 1. The Morgan fingerprint density at radius 1 is 0.871 bits per heavy atom. The molecular weight excluding hydrogens is 406 g/mol. The minimum absolute atomic E-state index is 0.00255. The van der Waals surface area contributed by atoms with E-state index in [1.54, 1.807) is 0 Å². The zero-order chi connectivity index (χ0) is 24.3. The zero-order valence-electron chi connectivity index (χ0n) is 20.5. The van der Waals surface area contributed by atoms with Crippen molar-refractivity contribution in [1.29, 1.82) is 0 Å². The van der Waals surface area contributed by atoms with Crippen LogP contribution in [-0.2, 0) is 15.5 Å². The van der Waals surface area contributed by atoms with Crippen LogP contribution < -0.4 is 0 Å². The summed E-state index contributed by atoms with van der Waals surface area (Å²) in [6.07, 6.45) is 2.46. The van der Waals surface area contributed by atoms with E-state index in [2.05, 4.69) is 103 Å². The summed E-state index contributed by atoms with van der Waals surface area (Å²) in [6, 6.07) is 17.0. The molecule has 0 saturated heterocycles. The van der Waals surface area contributed by atoms with E-state index in [1.807, 2.05) is 18.3 Å². The smallest absolute Gasteiger partial charge is 0.0916 e. The van der Waals surface area contributed by atoms with Gasteiger partial charge in [-0.25, -0.2) is 8.42 Å². The monoisotopic (exact) mass is 444 g/mol. The minimum atomic E-state index is -3.92. The van der Waals surface area contributed by atoms with Gasteiger partial charge < -0.3 is 4.55 Å². The van der Waals surface area contributed by atoms with Crippen LogP contribution in [0.5, 0.6) is 0 Å². The molecule has 0 bridgehead atoms. The van der Waals surface area contributed by atoms with Gasteiger partial charge in [-0.05, 0) is 34.1 Å². The van der Waals surface area contributed by atoms with Crippen LogP contribution in [-0.4, -0.2) is 24.2 Å². The van der Waals surface area contributed by atoms with Crippen LogP contribution in [0, 0.1) is 16.2 Å². The molecular formula is C26H38NO3S-. The molecule has 5 heteroatoms. The fourth-order valence-corrected chi connectivity index (χ4v) is 4.19. The molecule has 1 heterocycles. The van der Waals surface area contributed by atoms with Gasteiger partial charge in [0.2, 0.25) is 0 Å². The summed E-state index contributed by atoms with van der Waals surface area (Å²) in [5, 5.41) is 0. The lowest BCUT2D eigenvalue weighted by Gasteiger charge is -2.60. The molecule has 1 unspecified atom stereocenters. The van der Waals surface area contributed by atoms with E-state index in [1.165, 1.54) is 5.56 Å². The maximum Gasteiger partial charge on any atom is 0.0916 e. The van der Waals surface area contributed by atoms with Crippen molar-refractivity contribution in [3.05, 3.63) is 72.6 Å². The quantitative estimate of drug-likeness (QED) is 0.506. The Labute approximate surface area is 189 Å². The van der Waals surface area contributed by atoms with Crippen LogP contribution in [0.15, 0.2) is 61.3 Å². The van der Waals surface area contributed by atoms with Gasteiger partial charge in [0.1, 0.15) is 0 Å². The average molecular weight is 445 g/mol. The summed E-state index contributed by atoms with van der Waals surface area (Å²) in [7, 11) is -3.92. The van der Waals surface area contributed by atoms with Gasteiger partial charge in [0.05, 0.1) is 15.8 Å². The lowest BCUT2D eigenvalue weighted by atomic mass is 9.43. The van der Waals surface area contributed by atoms with Crippen molar-refractivity contribution in [1.82, 2.24) is 4.98 Å². The number of aromatic nitrogens is 1. The van der Waals surface area contributed by atoms with E-state index in [4.69, 9.17) is 13.0 Å². The molecule has 0 aliphatic rings. The van der Waals surface area contributed by atoms with Gasteiger partial charge in [-0.2, -0.15) is 0 Å². The highest BCUT2D eigenvalue weighted by molar-refractivity contribution is 7.84. The van der Waals surface area contributed by atoms with E-state index in [0.717, 1.165) is 11.3 Å². The van der Waals surface area contributed by atoms with Crippen molar-refractivity contribution in [2.24, 2.45) is 16.2 Å². The zero-order valence-corrected chi connectivity index (χ0v) is 21.3. The highest BCUT2D eigenvalue weighted by atomic mass is 32.2. The summed E-state index contributed by atoms with van der Waals surface area (Å²) in [6.45, 7) is 23.4. The van der Waals surface area contributed by atoms with Gasteiger partial charge >= 0.3 is 0 Å². The SMILES string of the molecule is C=C(c1ccccn1)C(C)(C)C(C)(c1ccccc1)C(C)(C)C(C)(C)C.CS(=O)(=O)[O-]. The number of hydrogen-bond acceptors (Lipinski definition) is 4. The second-order valence-corrected chi connectivity index (χ2v) is 11.8. The Hall–Kier alpha value is -1.98. The Morgan fingerprint density at radius 2 is 1.32 bits per heavy atom. The normalized spacial score (nSPS) is 14.8. The van der Waals surface area contributed by atoms with E-state index in [-0.39, 0.29) is 21.7 Å². The number of benzene rings is 1. The van der Waals surface area contributed by atoms with Gasteiger partial charge in [-0.3, -0.25) is 4.98 Å². The van der Waals surface area contributed by atoms with Gasteiger partial charge in [0.25, 0.3) is 0 Å². The predicted octanol–water partition coefficient (Wildman–Crippen LogP) is 6.31. The molecule has 2 rings (SSSR count). The van der Waals surface area contributed by atoms with Crippen LogP contribution in [0.2, 0.25) is 0 Å². The maximum absolute atomic E-state index is 9.08. The molecule has 4 nitrogen and oxygen atoms in total. The molecule has 0 N–H and O–H groups in total. The van der Waals surface area contributed by atoms with Gasteiger partial charge in [-0.15, -0.1) is 0 Å². The molecule has 31 heavy (non-hydrogen) atoms. The Balaban J connectivity index is 0.000000861. The lowest BCUT2D eigenvalue weighted by Crippen LogP contribution is -2.56. The van der Waals surface area contributed by atoms with Crippen LogP contribution in [0.3, 0.4) is 0 Å². The third kappa shape index (κ3) is 5.83. The second kappa shape index (κ2) is 9.25. The van der Waals surface area contributed by atoms with Gasteiger partial charge in [0.15, 0.2) is 0 Å². The third-order valence-corrected chi connectivity index (χ3v) is 7.45. The van der Waals surface area contributed by atoms with Crippen molar-refractivity contribution < 1.29 is 13.0 Å². The molecule has 0 radical (unpaired) electrons. The van der Waals surface area contributed by atoms with E-state index in [9.17, 15) is 0 Å². The molecule has 1 aromatic heterocycles. The van der Waals surface area contributed by atoms with Crippen LogP contribution in [0.25, 0.3) is 5.57 Å². The van der Waals surface area contributed by atoms with Crippen LogP contribution in [0.4, 0.5) is 0 Å². The summed E-state index contributed by atoms with van der Waals surface area (Å²) in [4.78, 5) is 4.60. The number of hydrogen-bond donors (Lipinski definition) is 0. The van der Waals surface area contributed by atoms with Crippen molar-refractivity contribution in [2.75, 3.05) is 6.26 Å². The molecule has 172 valence electrons. The van der Waals surface area contributed by atoms with Crippen LogP contribution >= 0.6 is 0 Å². The molecule has 0 saturated carbocycles. The molecule has 0 aliphatic carbocycles. The number of rotatable bonds is 5. The van der Waals surface area contributed by atoms with Gasteiger partial charge in [-0.1, -0.05) is 98.4 Å². The summed E-state index contributed by atoms with van der Waals surface area (Å²) < 4.78 is 27.2. The molecule has 0 amide bonds. The standard InChI is InChI=1S/C25H35N.CH4O3S/c1-19(21-17-13-14-18-26-21)23(5,6)25(9,20-15-11-10-12-16-20)24(7,8)22(2,3)4;1-5(2,3)4/h10-18H,1H2,2-9H3;1H3,(H,2,3,4)/p-1. The predicted molar refractivity (Wildman–Crippen MR) is 130 cm³/mol.